The van der Waals surface area contributed by atoms with Gasteiger partial charge in [0.25, 0.3) is 0 Å². The Morgan fingerprint density at radius 3 is 2.83 bits per heavy atom. The number of rotatable bonds is 4. The van der Waals surface area contributed by atoms with Crippen LogP contribution in [0.5, 0.6) is 0 Å². The van der Waals surface area contributed by atoms with Crippen LogP contribution < -0.4 is 0 Å². The number of aromatic nitrogens is 1. The first-order valence-corrected chi connectivity index (χ1v) is 6.47. The molecule has 1 saturated heterocycles. The first-order valence-electron chi connectivity index (χ1n) is 6.47. The maximum absolute atomic E-state index is 12.1. The molecule has 2 rings (SSSR count). The number of carbonyl (C=O) groups is 2. The Bertz CT molecular complexity index is 435. The Morgan fingerprint density at radius 2 is 2.28 bits per heavy atom. The fourth-order valence-corrected chi connectivity index (χ4v) is 2.48. The van der Waals surface area contributed by atoms with E-state index in [9.17, 15) is 9.59 Å². The van der Waals surface area contributed by atoms with Gasteiger partial charge >= 0.3 is 0 Å². The van der Waals surface area contributed by atoms with Gasteiger partial charge in [0.15, 0.2) is 5.78 Å². The molecule has 0 aromatic carbocycles. The fourth-order valence-electron chi connectivity index (χ4n) is 2.48. The van der Waals surface area contributed by atoms with Crippen LogP contribution in [0, 0.1) is 0 Å². The zero-order valence-corrected chi connectivity index (χ0v) is 11.0. The molecule has 4 heteroatoms. The van der Waals surface area contributed by atoms with Gasteiger partial charge in [-0.25, -0.2) is 0 Å². The molecule has 0 spiro atoms. The predicted molar refractivity (Wildman–Crippen MR) is 69.1 cm³/mol. The van der Waals surface area contributed by atoms with Gasteiger partial charge in [-0.05, 0) is 38.3 Å². The van der Waals surface area contributed by atoms with Crippen molar-refractivity contribution in [1.82, 2.24) is 9.88 Å². The summed E-state index contributed by atoms with van der Waals surface area (Å²) in [7, 11) is 0. The molecule has 2 heterocycles. The Hall–Kier alpha value is -1.58. The van der Waals surface area contributed by atoms with E-state index in [1.165, 1.54) is 5.56 Å². The van der Waals surface area contributed by atoms with E-state index in [-0.39, 0.29) is 11.7 Å². The van der Waals surface area contributed by atoms with Crippen LogP contribution in [-0.4, -0.2) is 33.7 Å². The van der Waals surface area contributed by atoms with Gasteiger partial charge in [0.1, 0.15) is 0 Å². The summed E-state index contributed by atoms with van der Waals surface area (Å²) < 4.78 is 0. The maximum atomic E-state index is 12.1. The van der Waals surface area contributed by atoms with Gasteiger partial charge in [-0.15, -0.1) is 0 Å². The van der Waals surface area contributed by atoms with Gasteiger partial charge in [-0.3, -0.25) is 9.59 Å². The number of ketones is 1. The third-order valence-electron chi connectivity index (χ3n) is 3.74. The van der Waals surface area contributed by atoms with Crippen LogP contribution in [0.15, 0.2) is 18.5 Å². The minimum Gasteiger partial charge on any atom is -0.367 e. The molecule has 1 amide bonds. The van der Waals surface area contributed by atoms with E-state index < -0.39 is 5.54 Å². The van der Waals surface area contributed by atoms with E-state index in [1.54, 1.807) is 4.90 Å². The second-order valence-electron chi connectivity index (χ2n) is 5.35. The van der Waals surface area contributed by atoms with Crippen LogP contribution in [0.4, 0.5) is 0 Å². The molecular formula is C14H20N2O2. The van der Waals surface area contributed by atoms with Crippen LogP contribution in [0.25, 0.3) is 0 Å². The summed E-state index contributed by atoms with van der Waals surface area (Å²) in [6.07, 6.45) is 6.58. The lowest BCUT2D eigenvalue weighted by Crippen LogP contribution is -2.46. The molecule has 1 aromatic rings. The lowest BCUT2D eigenvalue weighted by atomic mass is 10.00. The number of likely N-dealkylation sites (tertiary alicyclic amines) is 1. The van der Waals surface area contributed by atoms with Gasteiger partial charge < -0.3 is 9.88 Å². The van der Waals surface area contributed by atoms with Crippen molar-refractivity contribution in [2.45, 2.75) is 45.1 Å². The topological polar surface area (TPSA) is 53.2 Å². The molecule has 0 bridgehead atoms. The molecule has 4 nitrogen and oxygen atoms in total. The Labute approximate surface area is 107 Å². The van der Waals surface area contributed by atoms with Crippen molar-refractivity contribution in [1.29, 1.82) is 0 Å². The highest BCUT2D eigenvalue weighted by Gasteiger charge is 2.42. The summed E-state index contributed by atoms with van der Waals surface area (Å²) in [5, 5.41) is 0. The number of Topliss-reactive ketones (excluding diaryl/α,β-unsaturated/α-hetero) is 1. The molecule has 18 heavy (non-hydrogen) atoms. The zero-order chi connectivity index (χ0) is 13.2. The summed E-state index contributed by atoms with van der Waals surface area (Å²) in [6, 6.07) is 2.02. The molecule has 1 aromatic heterocycles. The molecule has 0 aliphatic carbocycles. The molecule has 1 aliphatic rings. The second kappa shape index (κ2) is 4.96. The van der Waals surface area contributed by atoms with Crippen molar-refractivity contribution in [2.75, 3.05) is 6.54 Å². The number of aryl methyl sites for hydroxylation is 1. The summed E-state index contributed by atoms with van der Waals surface area (Å²) in [5.74, 6) is 0.267. The molecule has 0 unspecified atom stereocenters. The Balaban J connectivity index is 1.83. The molecular weight excluding hydrogens is 228 g/mol. The van der Waals surface area contributed by atoms with Crippen molar-refractivity contribution < 1.29 is 9.59 Å². The van der Waals surface area contributed by atoms with Gasteiger partial charge in [0.05, 0.1) is 5.54 Å². The van der Waals surface area contributed by atoms with Gasteiger partial charge in [0, 0.05) is 31.8 Å². The number of carbonyl (C=O) groups excluding carboxylic acids is 2. The van der Waals surface area contributed by atoms with Crippen molar-refractivity contribution in [2.24, 2.45) is 0 Å². The van der Waals surface area contributed by atoms with Crippen molar-refractivity contribution >= 4 is 11.7 Å². The van der Waals surface area contributed by atoms with Gasteiger partial charge in [-0.2, -0.15) is 0 Å². The highest BCUT2D eigenvalue weighted by Crippen LogP contribution is 2.26. The number of amides is 1. The fraction of sp³-hybridized carbons (Fsp3) is 0.571. The van der Waals surface area contributed by atoms with Crippen molar-refractivity contribution in [3.05, 3.63) is 24.0 Å². The largest absolute Gasteiger partial charge is 0.367 e. The minimum absolute atomic E-state index is 0.0985. The third-order valence-corrected chi connectivity index (χ3v) is 3.74. The van der Waals surface area contributed by atoms with Gasteiger partial charge in [0.2, 0.25) is 5.91 Å². The first kappa shape index (κ1) is 12.9. The number of nitrogens with one attached hydrogen (secondary N) is 1. The quantitative estimate of drug-likeness (QED) is 0.885. The smallest absolute Gasteiger partial charge is 0.223 e. The summed E-state index contributed by atoms with van der Waals surface area (Å²) in [6.45, 7) is 4.26. The maximum Gasteiger partial charge on any atom is 0.223 e. The molecule has 0 saturated carbocycles. The molecule has 0 radical (unpaired) electrons. The summed E-state index contributed by atoms with van der Waals surface area (Å²) >= 11 is 0. The Kier molecular flexibility index (Phi) is 3.55. The lowest BCUT2D eigenvalue weighted by molar-refractivity contribution is -0.138. The van der Waals surface area contributed by atoms with Crippen molar-refractivity contribution in [3.63, 3.8) is 0 Å². The molecule has 0 atom stereocenters. The highest BCUT2D eigenvalue weighted by atomic mass is 16.2. The molecule has 1 fully saturated rings. The number of H-pyrrole nitrogens is 1. The summed E-state index contributed by atoms with van der Waals surface area (Å²) in [4.78, 5) is 28.5. The van der Waals surface area contributed by atoms with E-state index in [0.29, 0.717) is 19.4 Å². The van der Waals surface area contributed by atoms with E-state index in [1.807, 2.05) is 32.3 Å². The average Bonchev–Trinajstić information content (AvgIpc) is 2.89. The number of hydrogen-bond acceptors (Lipinski definition) is 2. The third kappa shape index (κ3) is 2.47. The highest BCUT2D eigenvalue weighted by molar-refractivity contribution is 5.95. The van der Waals surface area contributed by atoms with Crippen LogP contribution in [0.1, 0.15) is 38.7 Å². The van der Waals surface area contributed by atoms with Crippen LogP contribution in [-0.2, 0) is 16.0 Å². The lowest BCUT2D eigenvalue weighted by Gasteiger charge is -2.30. The zero-order valence-electron chi connectivity index (χ0n) is 11.0. The van der Waals surface area contributed by atoms with Crippen LogP contribution >= 0.6 is 0 Å². The monoisotopic (exact) mass is 248 g/mol. The molecule has 98 valence electrons. The Morgan fingerprint density at radius 1 is 1.50 bits per heavy atom. The van der Waals surface area contributed by atoms with E-state index in [0.717, 1.165) is 12.8 Å². The van der Waals surface area contributed by atoms with Crippen LogP contribution in [0.2, 0.25) is 0 Å². The first-order chi connectivity index (χ1) is 8.51. The number of nitrogens with zero attached hydrogens (tertiary/aromatic N) is 1. The average molecular weight is 248 g/mol. The number of aromatic amines is 1. The van der Waals surface area contributed by atoms with E-state index in [4.69, 9.17) is 0 Å². The predicted octanol–water partition coefficient (Wildman–Crippen LogP) is 1.92. The molecule has 1 N–H and O–H groups in total. The summed E-state index contributed by atoms with van der Waals surface area (Å²) in [5.41, 5.74) is 0.616. The minimum atomic E-state index is -0.606. The normalized spacial score (nSPS) is 18.3. The van der Waals surface area contributed by atoms with Crippen molar-refractivity contribution in [3.8, 4) is 0 Å². The van der Waals surface area contributed by atoms with Crippen LogP contribution in [0.3, 0.4) is 0 Å². The SMILES string of the molecule is CC1(C)C(=O)CCN1C(=O)CCCc1cc[nH]c1. The van der Waals surface area contributed by atoms with E-state index in [2.05, 4.69) is 4.98 Å². The van der Waals surface area contributed by atoms with E-state index >= 15 is 0 Å². The second-order valence-corrected chi connectivity index (χ2v) is 5.35. The standard InChI is InChI=1S/C14H20N2O2/c1-14(2)12(17)7-9-16(14)13(18)5-3-4-11-6-8-15-10-11/h6,8,10,15H,3-5,7,9H2,1-2H3. The van der Waals surface area contributed by atoms with Gasteiger partial charge in [-0.1, -0.05) is 0 Å². The molecule has 1 aliphatic heterocycles. The number of hydrogen-bond donors (Lipinski definition) is 1.